The van der Waals surface area contributed by atoms with Crippen molar-refractivity contribution in [1.29, 1.82) is 0 Å². The number of imidazole rings is 1. The van der Waals surface area contributed by atoms with E-state index in [0.717, 1.165) is 22.8 Å². The molecule has 0 fully saturated rings. The van der Waals surface area contributed by atoms with E-state index >= 15 is 0 Å². The molecule has 0 spiro atoms. The van der Waals surface area contributed by atoms with E-state index in [1.165, 1.54) is 12.1 Å². The topological polar surface area (TPSA) is 123 Å². The summed E-state index contributed by atoms with van der Waals surface area (Å²) in [5.74, 6) is -0.490. The average molecular weight is 418 g/mol. The van der Waals surface area contributed by atoms with Gasteiger partial charge in [0.15, 0.2) is 0 Å². The highest BCUT2D eigenvalue weighted by Gasteiger charge is 2.34. The quantitative estimate of drug-likeness (QED) is 0.485. The number of aryl methyl sites for hydroxylation is 1. The van der Waals surface area contributed by atoms with Gasteiger partial charge in [-0.25, -0.2) is 9.97 Å². The Morgan fingerprint density at radius 2 is 2.10 bits per heavy atom. The number of pyridine rings is 2. The number of nitrogens with zero attached hydrogens (tertiary/aromatic N) is 6. The molecule has 0 aliphatic carbocycles. The highest BCUT2D eigenvalue weighted by atomic mass is 19.1. The number of fused-ring (bicyclic) bond motifs is 1. The highest BCUT2D eigenvalue weighted by molar-refractivity contribution is 5.55. The Morgan fingerprint density at radius 3 is 2.94 bits per heavy atom. The van der Waals surface area contributed by atoms with Gasteiger partial charge >= 0.3 is 6.01 Å². The van der Waals surface area contributed by atoms with Crippen LogP contribution in [0.4, 0.5) is 10.4 Å². The Hall–Kier alpha value is -4.08. The van der Waals surface area contributed by atoms with Crippen LogP contribution in [0.5, 0.6) is 0 Å². The smallest absolute Gasteiger partial charge is 0.319 e. The van der Waals surface area contributed by atoms with E-state index in [2.05, 4.69) is 30.1 Å². The molecule has 3 N–H and O–H groups in total. The van der Waals surface area contributed by atoms with Crippen molar-refractivity contribution in [3.05, 3.63) is 77.1 Å². The molecule has 5 heterocycles. The van der Waals surface area contributed by atoms with Gasteiger partial charge < -0.3 is 20.0 Å². The Morgan fingerprint density at radius 1 is 1.23 bits per heavy atom. The highest BCUT2D eigenvalue weighted by Crippen LogP contribution is 2.36. The van der Waals surface area contributed by atoms with Gasteiger partial charge in [-0.1, -0.05) is 17.2 Å². The molecule has 0 aromatic carbocycles. The first kappa shape index (κ1) is 18.9. The normalized spacial score (nSPS) is 16.4. The van der Waals surface area contributed by atoms with Crippen LogP contribution in [-0.2, 0) is 6.42 Å². The summed E-state index contributed by atoms with van der Waals surface area (Å²) < 4.78 is 19.3. The number of aromatic amines is 1. The maximum Gasteiger partial charge on any atom is 0.319 e. The maximum atomic E-state index is 13.5. The maximum absolute atomic E-state index is 13.5. The van der Waals surface area contributed by atoms with Gasteiger partial charge in [-0.05, 0) is 37.3 Å². The summed E-state index contributed by atoms with van der Waals surface area (Å²) in [5.41, 5.74) is 10.8. The Balaban J connectivity index is 1.53. The summed E-state index contributed by atoms with van der Waals surface area (Å²) in [6, 6.07) is 9.97. The van der Waals surface area contributed by atoms with Crippen molar-refractivity contribution in [1.82, 2.24) is 30.1 Å². The van der Waals surface area contributed by atoms with E-state index in [9.17, 15) is 4.39 Å². The van der Waals surface area contributed by atoms with Crippen LogP contribution in [0, 0.1) is 12.9 Å². The van der Waals surface area contributed by atoms with Crippen LogP contribution in [0.15, 0.2) is 52.8 Å². The second-order valence-corrected chi connectivity index (χ2v) is 7.20. The van der Waals surface area contributed by atoms with E-state index in [4.69, 9.17) is 10.2 Å². The van der Waals surface area contributed by atoms with Crippen LogP contribution in [0.2, 0.25) is 0 Å². The molecule has 4 aromatic rings. The lowest BCUT2D eigenvalue weighted by molar-refractivity contribution is 0.502. The van der Waals surface area contributed by atoms with Crippen molar-refractivity contribution in [2.75, 3.05) is 11.4 Å². The first-order valence-electron chi connectivity index (χ1n) is 9.74. The van der Waals surface area contributed by atoms with Gasteiger partial charge in [-0.2, -0.15) is 4.39 Å². The lowest BCUT2D eigenvalue weighted by atomic mass is 10.00. The first-order chi connectivity index (χ1) is 15.1. The summed E-state index contributed by atoms with van der Waals surface area (Å²) in [6.07, 6.45) is 4.17. The van der Waals surface area contributed by atoms with Crippen molar-refractivity contribution >= 4 is 12.1 Å². The summed E-state index contributed by atoms with van der Waals surface area (Å²) in [6.45, 7) is 2.50. The summed E-state index contributed by atoms with van der Waals surface area (Å²) in [5, 5.41) is 8.21. The molecule has 0 bridgehead atoms. The molecule has 4 aromatic heterocycles. The van der Waals surface area contributed by atoms with Gasteiger partial charge in [0.2, 0.25) is 5.95 Å². The Bertz CT molecular complexity index is 1260. The molecule has 0 saturated heterocycles. The molecule has 1 aliphatic heterocycles. The summed E-state index contributed by atoms with van der Waals surface area (Å²) in [7, 11) is 0. The third-order valence-electron chi connectivity index (χ3n) is 5.06. The number of anilines is 1. The predicted molar refractivity (Wildman–Crippen MR) is 111 cm³/mol. The van der Waals surface area contributed by atoms with E-state index in [1.54, 1.807) is 12.4 Å². The minimum atomic E-state index is -0.618. The molecule has 0 unspecified atom stereocenters. The van der Waals surface area contributed by atoms with Crippen LogP contribution >= 0.6 is 0 Å². The fraction of sp³-hybridized carbons (Fsp3) is 0.190. The van der Waals surface area contributed by atoms with E-state index in [0.29, 0.717) is 18.7 Å². The number of aromatic nitrogens is 6. The monoisotopic (exact) mass is 418 g/mol. The van der Waals surface area contributed by atoms with Crippen LogP contribution in [0.25, 0.3) is 17.7 Å². The molecule has 0 amide bonds. The third kappa shape index (κ3) is 3.63. The van der Waals surface area contributed by atoms with Crippen LogP contribution in [0.1, 0.15) is 28.8 Å². The van der Waals surface area contributed by atoms with Crippen molar-refractivity contribution < 1.29 is 8.81 Å². The van der Waals surface area contributed by atoms with Gasteiger partial charge in [0.1, 0.15) is 11.7 Å². The minimum Gasteiger partial charge on any atom is -0.402 e. The molecule has 0 saturated carbocycles. The zero-order chi connectivity index (χ0) is 21.4. The minimum absolute atomic E-state index is 0.129. The molecular formula is C21H19FN8O. The lowest BCUT2D eigenvalue weighted by Crippen LogP contribution is -2.38. The standard InChI is InChI=1S/C21H19FN8O/c1-12-4-2-5-13(26-12)10-14(23)19-18-15(24-11-25-18)8-9-30(19)21-29-28-20(31-21)16-6-3-7-17(22)27-16/h2-7,10-11,19H,8-9,23H2,1H3,(H,24,25)/b14-10-/t19-/m0/s1. The van der Waals surface area contributed by atoms with E-state index in [1.807, 2.05) is 36.1 Å². The van der Waals surface area contributed by atoms with Gasteiger partial charge in [0, 0.05) is 30.1 Å². The Kier molecular flexibility index (Phi) is 4.66. The first-order valence-corrected chi connectivity index (χ1v) is 9.74. The number of rotatable bonds is 4. The van der Waals surface area contributed by atoms with Gasteiger partial charge in [-0.3, -0.25) is 4.98 Å². The van der Waals surface area contributed by atoms with Crippen molar-refractivity contribution in [3.8, 4) is 11.6 Å². The third-order valence-corrected chi connectivity index (χ3v) is 5.06. The molecular weight excluding hydrogens is 399 g/mol. The number of hydrogen-bond acceptors (Lipinski definition) is 8. The molecule has 0 radical (unpaired) electrons. The van der Waals surface area contributed by atoms with Gasteiger partial charge in [-0.15, -0.1) is 5.10 Å². The lowest BCUT2D eigenvalue weighted by Gasteiger charge is -2.33. The van der Waals surface area contributed by atoms with Crippen LogP contribution in [-0.4, -0.2) is 36.7 Å². The fourth-order valence-electron chi connectivity index (χ4n) is 3.68. The molecule has 1 aliphatic rings. The van der Waals surface area contributed by atoms with E-state index in [-0.39, 0.29) is 17.6 Å². The number of hydrogen-bond donors (Lipinski definition) is 2. The molecule has 9 nitrogen and oxygen atoms in total. The molecule has 156 valence electrons. The molecule has 31 heavy (non-hydrogen) atoms. The molecule has 5 rings (SSSR count). The van der Waals surface area contributed by atoms with Crippen molar-refractivity contribution in [3.63, 3.8) is 0 Å². The number of H-pyrrole nitrogens is 1. The van der Waals surface area contributed by atoms with E-state index < -0.39 is 12.0 Å². The van der Waals surface area contributed by atoms with Gasteiger partial charge in [0.25, 0.3) is 5.89 Å². The SMILES string of the molecule is Cc1cccc(/C=C(\N)[C@H]2c3nc[nH]c3CCN2c2nnc(-c3cccc(F)n3)o2)n1. The van der Waals surface area contributed by atoms with Crippen molar-refractivity contribution in [2.24, 2.45) is 5.73 Å². The largest absolute Gasteiger partial charge is 0.402 e. The molecule has 10 heteroatoms. The number of nitrogens with two attached hydrogens (primary N) is 1. The number of nitrogens with one attached hydrogen (secondary N) is 1. The van der Waals surface area contributed by atoms with Crippen LogP contribution in [0.3, 0.4) is 0 Å². The summed E-state index contributed by atoms with van der Waals surface area (Å²) >= 11 is 0. The predicted octanol–water partition coefficient (Wildman–Crippen LogP) is 2.80. The second-order valence-electron chi connectivity index (χ2n) is 7.20. The van der Waals surface area contributed by atoms with Crippen molar-refractivity contribution in [2.45, 2.75) is 19.4 Å². The average Bonchev–Trinajstić information content (AvgIpc) is 3.42. The van der Waals surface area contributed by atoms with Gasteiger partial charge in [0.05, 0.1) is 17.7 Å². The molecule has 1 atom stereocenters. The fourth-order valence-corrected chi connectivity index (χ4v) is 3.68. The van der Waals surface area contributed by atoms with Crippen LogP contribution < -0.4 is 10.6 Å². The zero-order valence-electron chi connectivity index (χ0n) is 16.7. The zero-order valence-corrected chi connectivity index (χ0v) is 16.7. The number of halogens is 1. The second kappa shape index (κ2) is 7.63. The Labute approximate surface area is 176 Å². The summed E-state index contributed by atoms with van der Waals surface area (Å²) in [4.78, 5) is 17.8.